The molecule has 110 valence electrons. The van der Waals surface area contributed by atoms with Crippen LogP contribution in [0.2, 0.25) is 0 Å². The second-order valence-corrected chi connectivity index (χ2v) is 4.69. The molecule has 1 aromatic carbocycles. The van der Waals surface area contributed by atoms with Crippen molar-refractivity contribution in [2.45, 2.75) is 26.2 Å². The zero-order valence-corrected chi connectivity index (χ0v) is 12.1. The first kappa shape index (κ1) is 16.0. The third kappa shape index (κ3) is 4.91. The number of nitrogens with zero attached hydrogens (tertiary/aromatic N) is 2. The molecule has 0 aliphatic heterocycles. The molecule has 0 saturated heterocycles. The van der Waals surface area contributed by atoms with E-state index >= 15 is 0 Å². The molecule has 0 aromatic heterocycles. The number of carbonyl (C=O) groups excluding carboxylic acids is 1. The standard InChI is InChI=1S/C15H22N2O3/c1-3-4-11-16(2)15(20)17(12-10-14(18)19)13-8-6-5-7-9-13/h5-9H,3-4,10-12H2,1-2H3,(H,18,19). The van der Waals surface area contributed by atoms with Crippen LogP contribution in [-0.4, -0.2) is 42.1 Å². The lowest BCUT2D eigenvalue weighted by molar-refractivity contribution is -0.136. The van der Waals surface area contributed by atoms with Gasteiger partial charge in [-0.1, -0.05) is 31.5 Å². The summed E-state index contributed by atoms with van der Waals surface area (Å²) in [6.45, 7) is 2.91. The number of amides is 2. The topological polar surface area (TPSA) is 60.9 Å². The fourth-order valence-electron chi connectivity index (χ4n) is 1.85. The lowest BCUT2D eigenvalue weighted by Gasteiger charge is -2.28. The fourth-order valence-corrected chi connectivity index (χ4v) is 1.85. The lowest BCUT2D eigenvalue weighted by atomic mass is 10.2. The van der Waals surface area contributed by atoms with Crippen molar-refractivity contribution in [3.63, 3.8) is 0 Å². The van der Waals surface area contributed by atoms with E-state index in [1.165, 1.54) is 4.90 Å². The SMILES string of the molecule is CCCCN(C)C(=O)N(CCC(=O)O)c1ccccc1. The minimum absolute atomic E-state index is 0.0672. The van der Waals surface area contributed by atoms with E-state index in [1.807, 2.05) is 30.3 Å². The van der Waals surface area contributed by atoms with Crippen LogP contribution in [0.5, 0.6) is 0 Å². The third-order valence-electron chi connectivity index (χ3n) is 3.02. The monoisotopic (exact) mass is 278 g/mol. The maximum Gasteiger partial charge on any atom is 0.324 e. The molecule has 0 heterocycles. The summed E-state index contributed by atoms with van der Waals surface area (Å²) in [6.07, 6.45) is 1.88. The summed E-state index contributed by atoms with van der Waals surface area (Å²) >= 11 is 0. The Morgan fingerprint density at radius 2 is 1.80 bits per heavy atom. The second kappa shape index (κ2) is 8.19. The van der Waals surface area contributed by atoms with Crippen LogP contribution in [0.1, 0.15) is 26.2 Å². The summed E-state index contributed by atoms with van der Waals surface area (Å²) in [5, 5.41) is 8.82. The molecule has 0 aliphatic rings. The summed E-state index contributed by atoms with van der Waals surface area (Å²) in [5.74, 6) is -0.907. The first-order valence-corrected chi connectivity index (χ1v) is 6.85. The Bertz CT molecular complexity index is 434. The van der Waals surface area contributed by atoms with Gasteiger partial charge in [0.1, 0.15) is 0 Å². The van der Waals surface area contributed by atoms with Crippen molar-refractivity contribution < 1.29 is 14.7 Å². The molecule has 1 N–H and O–H groups in total. The smallest absolute Gasteiger partial charge is 0.324 e. The Kier molecular flexibility index (Phi) is 6.56. The van der Waals surface area contributed by atoms with E-state index in [2.05, 4.69) is 6.92 Å². The molecular formula is C15H22N2O3. The predicted molar refractivity (Wildman–Crippen MR) is 79.0 cm³/mol. The Morgan fingerprint density at radius 1 is 1.15 bits per heavy atom. The van der Waals surface area contributed by atoms with Crippen LogP contribution in [0.25, 0.3) is 0 Å². The Morgan fingerprint density at radius 3 is 2.35 bits per heavy atom. The number of rotatable bonds is 7. The number of anilines is 1. The molecule has 1 aromatic rings. The van der Waals surface area contributed by atoms with Gasteiger partial charge in [-0.05, 0) is 18.6 Å². The van der Waals surface area contributed by atoms with E-state index in [-0.39, 0.29) is 19.0 Å². The molecule has 0 fully saturated rings. The maximum absolute atomic E-state index is 12.4. The number of benzene rings is 1. The molecule has 20 heavy (non-hydrogen) atoms. The number of carboxylic acid groups (broad SMARTS) is 1. The number of carbonyl (C=O) groups is 2. The van der Waals surface area contributed by atoms with E-state index in [9.17, 15) is 9.59 Å². The molecule has 5 heteroatoms. The van der Waals surface area contributed by atoms with E-state index in [4.69, 9.17) is 5.11 Å². The number of urea groups is 1. The van der Waals surface area contributed by atoms with Crippen LogP contribution in [-0.2, 0) is 4.79 Å². The molecule has 5 nitrogen and oxygen atoms in total. The van der Waals surface area contributed by atoms with Gasteiger partial charge in [0.2, 0.25) is 0 Å². The zero-order chi connectivity index (χ0) is 15.0. The third-order valence-corrected chi connectivity index (χ3v) is 3.02. The molecule has 2 amide bonds. The highest BCUT2D eigenvalue weighted by Crippen LogP contribution is 2.16. The Labute approximate surface area is 119 Å². The summed E-state index contributed by atoms with van der Waals surface area (Å²) in [4.78, 5) is 26.3. The van der Waals surface area contributed by atoms with Gasteiger partial charge < -0.3 is 10.0 Å². The molecule has 0 saturated carbocycles. The Hall–Kier alpha value is -2.04. The summed E-state index contributed by atoms with van der Waals surface area (Å²) in [7, 11) is 1.74. The van der Waals surface area contributed by atoms with Crippen LogP contribution in [0.15, 0.2) is 30.3 Å². The van der Waals surface area contributed by atoms with Gasteiger partial charge in [0.05, 0.1) is 6.42 Å². The quantitative estimate of drug-likeness (QED) is 0.834. The first-order chi connectivity index (χ1) is 9.56. The van der Waals surface area contributed by atoms with Gasteiger partial charge in [-0.15, -0.1) is 0 Å². The zero-order valence-electron chi connectivity index (χ0n) is 12.1. The van der Waals surface area contributed by atoms with Gasteiger partial charge in [-0.3, -0.25) is 9.69 Å². The van der Waals surface area contributed by atoms with Gasteiger partial charge in [-0.25, -0.2) is 4.79 Å². The molecule has 0 unspecified atom stereocenters. The van der Waals surface area contributed by atoms with Crippen molar-refractivity contribution in [1.82, 2.24) is 4.90 Å². The van der Waals surface area contributed by atoms with E-state index in [0.717, 1.165) is 18.5 Å². The van der Waals surface area contributed by atoms with Crippen LogP contribution in [0.3, 0.4) is 0 Å². The van der Waals surface area contributed by atoms with E-state index in [0.29, 0.717) is 6.54 Å². The maximum atomic E-state index is 12.4. The number of unbranched alkanes of at least 4 members (excludes halogenated alkanes) is 1. The van der Waals surface area contributed by atoms with Crippen molar-refractivity contribution in [3.05, 3.63) is 30.3 Å². The fraction of sp³-hybridized carbons (Fsp3) is 0.467. The van der Waals surface area contributed by atoms with Crippen LogP contribution in [0, 0.1) is 0 Å². The summed E-state index contributed by atoms with van der Waals surface area (Å²) in [6, 6.07) is 9.00. The number of carboxylic acids is 1. The summed E-state index contributed by atoms with van der Waals surface area (Å²) < 4.78 is 0. The molecule has 0 aliphatic carbocycles. The minimum atomic E-state index is -0.907. The van der Waals surface area contributed by atoms with Crippen molar-refractivity contribution in [2.24, 2.45) is 0 Å². The highest BCUT2D eigenvalue weighted by molar-refractivity contribution is 5.92. The largest absolute Gasteiger partial charge is 0.481 e. The van der Waals surface area contributed by atoms with Crippen molar-refractivity contribution in [1.29, 1.82) is 0 Å². The van der Waals surface area contributed by atoms with Crippen LogP contribution < -0.4 is 4.90 Å². The first-order valence-electron chi connectivity index (χ1n) is 6.85. The highest BCUT2D eigenvalue weighted by atomic mass is 16.4. The number of hydrogen-bond acceptors (Lipinski definition) is 2. The van der Waals surface area contributed by atoms with E-state index < -0.39 is 5.97 Å². The van der Waals surface area contributed by atoms with Gasteiger partial charge in [0.15, 0.2) is 0 Å². The number of hydrogen-bond donors (Lipinski definition) is 1. The normalized spacial score (nSPS) is 10.1. The van der Waals surface area contributed by atoms with E-state index in [1.54, 1.807) is 11.9 Å². The van der Waals surface area contributed by atoms with Crippen molar-refractivity contribution >= 4 is 17.7 Å². The molecule has 0 radical (unpaired) electrons. The van der Waals surface area contributed by atoms with Gasteiger partial charge in [0, 0.05) is 25.8 Å². The predicted octanol–water partition coefficient (Wildman–Crippen LogP) is 2.82. The average molecular weight is 278 g/mol. The van der Waals surface area contributed by atoms with Crippen molar-refractivity contribution in [2.75, 3.05) is 25.0 Å². The molecule has 0 spiro atoms. The second-order valence-electron chi connectivity index (χ2n) is 4.69. The van der Waals surface area contributed by atoms with Gasteiger partial charge in [-0.2, -0.15) is 0 Å². The lowest BCUT2D eigenvalue weighted by Crippen LogP contribution is -2.42. The summed E-state index contributed by atoms with van der Waals surface area (Å²) in [5.41, 5.74) is 0.724. The molecule has 0 bridgehead atoms. The Balaban J connectivity index is 2.81. The van der Waals surface area contributed by atoms with Crippen LogP contribution >= 0.6 is 0 Å². The average Bonchev–Trinajstić information content (AvgIpc) is 2.45. The number of para-hydroxylation sites is 1. The van der Waals surface area contributed by atoms with Gasteiger partial charge in [0.25, 0.3) is 0 Å². The molecule has 0 atom stereocenters. The highest BCUT2D eigenvalue weighted by Gasteiger charge is 2.19. The molecular weight excluding hydrogens is 256 g/mol. The molecule has 1 rings (SSSR count). The minimum Gasteiger partial charge on any atom is -0.481 e. The van der Waals surface area contributed by atoms with Gasteiger partial charge >= 0.3 is 12.0 Å². The van der Waals surface area contributed by atoms with Crippen LogP contribution in [0.4, 0.5) is 10.5 Å². The number of aliphatic carboxylic acids is 1. The van der Waals surface area contributed by atoms with Crippen molar-refractivity contribution in [3.8, 4) is 0 Å².